The van der Waals surface area contributed by atoms with Crippen LogP contribution in [-0.2, 0) is 9.59 Å². The van der Waals surface area contributed by atoms with Gasteiger partial charge in [0, 0.05) is 30.3 Å². The van der Waals surface area contributed by atoms with Crippen LogP contribution in [0.2, 0.25) is 0 Å². The van der Waals surface area contributed by atoms with Crippen LogP contribution in [-0.4, -0.2) is 29.2 Å². The second kappa shape index (κ2) is 5.50. The van der Waals surface area contributed by atoms with E-state index in [0.29, 0.717) is 11.7 Å². The van der Waals surface area contributed by atoms with Crippen LogP contribution in [0.4, 0.5) is 0 Å². The predicted molar refractivity (Wildman–Crippen MR) is 78.3 cm³/mol. The van der Waals surface area contributed by atoms with Crippen molar-refractivity contribution in [3.05, 3.63) is 0 Å². The Morgan fingerprint density at radius 1 is 1.10 bits per heavy atom. The average Bonchev–Trinajstić information content (AvgIpc) is 3.06. The van der Waals surface area contributed by atoms with Gasteiger partial charge in [-0.3, -0.25) is 9.59 Å². The van der Waals surface area contributed by atoms with Crippen molar-refractivity contribution in [1.29, 1.82) is 0 Å². The van der Waals surface area contributed by atoms with Crippen LogP contribution in [0.3, 0.4) is 0 Å². The summed E-state index contributed by atoms with van der Waals surface area (Å²) < 4.78 is 0. The predicted octanol–water partition coefficient (Wildman–Crippen LogP) is 3.32. The average molecular weight is 277 g/mol. The molecule has 112 valence electrons. The number of nitrogens with zero attached hydrogens (tertiary/aromatic N) is 1. The van der Waals surface area contributed by atoms with Crippen LogP contribution < -0.4 is 0 Å². The normalized spacial score (nSPS) is 33.6. The second-order valence-electron chi connectivity index (χ2n) is 7.29. The maximum absolute atomic E-state index is 13.0. The Labute approximate surface area is 122 Å². The lowest BCUT2D eigenvalue weighted by atomic mass is 9.74. The Kier molecular flexibility index (Phi) is 3.87. The number of carbonyl (C=O) groups is 2. The molecule has 0 aromatic carbocycles. The molecule has 3 aliphatic rings. The molecule has 0 aromatic rings. The molecule has 20 heavy (non-hydrogen) atoms. The van der Waals surface area contributed by atoms with E-state index in [4.69, 9.17) is 0 Å². The van der Waals surface area contributed by atoms with Gasteiger partial charge in [-0.25, -0.2) is 0 Å². The topological polar surface area (TPSA) is 37.4 Å². The van der Waals surface area contributed by atoms with Crippen LogP contribution in [0.25, 0.3) is 0 Å². The molecule has 3 rings (SSSR count). The first-order chi connectivity index (χ1) is 9.62. The molecular formula is C17H27NO2. The van der Waals surface area contributed by atoms with E-state index >= 15 is 0 Å². The summed E-state index contributed by atoms with van der Waals surface area (Å²) in [7, 11) is 0. The molecule has 1 amide bonds. The lowest BCUT2D eigenvalue weighted by Crippen LogP contribution is -2.48. The Balaban J connectivity index is 1.74. The second-order valence-corrected chi connectivity index (χ2v) is 7.29. The number of amides is 1. The van der Waals surface area contributed by atoms with Crippen molar-refractivity contribution in [3.8, 4) is 0 Å². The first-order valence-electron chi connectivity index (χ1n) is 8.46. The van der Waals surface area contributed by atoms with E-state index in [2.05, 4.69) is 11.8 Å². The lowest BCUT2D eigenvalue weighted by molar-refractivity contribution is -0.145. The number of likely N-dealkylation sites (tertiary alicyclic amines) is 1. The van der Waals surface area contributed by atoms with Crippen molar-refractivity contribution in [2.45, 2.75) is 77.2 Å². The molecule has 3 fully saturated rings. The first kappa shape index (κ1) is 14.1. The molecule has 0 aromatic heterocycles. The van der Waals surface area contributed by atoms with Crippen LogP contribution >= 0.6 is 0 Å². The van der Waals surface area contributed by atoms with Gasteiger partial charge in [0.2, 0.25) is 5.91 Å². The fourth-order valence-corrected chi connectivity index (χ4v) is 4.61. The summed E-state index contributed by atoms with van der Waals surface area (Å²) in [5.74, 6) is 0.900. The number of rotatable bonds is 2. The molecule has 1 heterocycles. The molecule has 2 aliphatic carbocycles. The van der Waals surface area contributed by atoms with Gasteiger partial charge in [0.15, 0.2) is 0 Å². The van der Waals surface area contributed by atoms with Crippen molar-refractivity contribution in [2.75, 3.05) is 6.54 Å². The molecule has 3 nitrogen and oxygen atoms in total. The fraction of sp³-hybridized carbons (Fsp3) is 0.882. The van der Waals surface area contributed by atoms with Gasteiger partial charge in [0.1, 0.15) is 5.78 Å². The van der Waals surface area contributed by atoms with Crippen LogP contribution in [0.5, 0.6) is 0 Å². The smallest absolute Gasteiger partial charge is 0.228 e. The first-order valence-corrected chi connectivity index (χ1v) is 8.46. The largest absolute Gasteiger partial charge is 0.339 e. The number of hydrogen-bond donors (Lipinski definition) is 0. The van der Waals surface area contributed by atoms with Gasteiger partial charge >= 0.3 is 0 Å². The summed E-state index contributed by atoms with van der Waals surface area (Å²) >= 11 is 0. The third-order valence-corrected chi connectivity index (χ3v) is 5.85. The monoisotopic (exact) mass is 277 g/mol. The number of ketones is 1. The molecule has 3 heteroatoms. The van der Waals surface area contributed by atoms with Gasteiger partial charge < -0.3 is 4.90 Å². The summed E-state index contributed by atoms with van der Waals surface area (Å²) in [6.45, 7) is 3.03. The van der Waals surface area contributed by atoms with Gasteiger partial charge in [-0.2, -0.15) is 0 Å². The zero-order chi connectivity index (χ0) is 14.2. The zero-order valence-electron chi connectivity index (χ0n) is 12.7. The van der Waals surface area contributed by atoms with Crippen molar-refractivity contribution in [3.63, 3.8) is 0 Å². The summed E-state index contributed by atoms with van der Waals surface area (Å²) in [6, 6.07) is 0.219. The molecule has 0 radical (unpaired) electrons. The maximum Gasteiger partial charge on any atom is 0.228 e. The third kappa shape index (κ3) is 2.40. The van der Waals surface area contributed by atoms with E-state index < -0.39 is 0 Å². The number of carbonyl (C=O) groups excluding carboxylic acids is 2. The van der Waals surface area contributed by atoms with E-state index in [1.807, 2.05) is 0 Å². The molecule has 0 N–H and O–H groups in total. The highest BCUT2D eigenvalue weighted by atomic mass is 16.2. The number of hydrogen-bond acceptors (Lipinski definition) is 2. The van der Waals surface area contributed by atoms with E-state index in [1.165, 1.54) is 19.3 Å². The van der Waals surface area contributed by atoms with Gasteiger partial charge in [-0.1, -0.05) is 26.2 Å². The highest BCUT2D eigenvalue weighted by molar-refractivity contribution is 5.86. The van der Waals surface area contributed by atoms with E-state index in [1.54, 1.807) is 0 Å². The SMILES string of the molecule is CC1(C(=O)N2CCCC2C2CCCC2=O)CCCCC1. The quantitative estimate of drug-likeness (QED) is 0.776. The summed E-state index contributed by atoms with van der Waals surface area (Å²) in [6.07, 6.45) is 10.6. The fourth-order valence-electron chi connectivity index (χ4n) is 4.61. The van der Waals surface area contributed by atoms with E-state index in [-0.39, 0.29) is 17.4 Å². The van der Waals surface area contributed by atoms with Crippen LogP contribution in [0.15, 0.2) is 0 Å². The summed E-state index contributed by atoms with van der Waals surface area (Å²) in [4.78, 5) is 27.2. The molecular weight excluding hydrogens is 250 g/mol. The number of Topliss-reactive ketones (excluding diaryl/α,β-unsaturated/α-hetero) is 1. The molecule has 1 aliphatic heterocycles. The van der Waals surface area contributed by atoms with E-state index in [9.17, 15) is 9.59 Å². The zero-order valence-corrected chi connectivity index (χ0v) is 12.7. The van der Waals surface area contributed by atoms with Crippen LogP contribution in [0.1, 0.15) is 71.1 Å². The van der Waals surface area contributed by atoms with E-state index in [0.717, 1.165) is 51.5 Å². The molecule has 2 atom stereocenters. The van der Waals surface area contributed by atoms with Gasteiger partial charge in [-0.15, -0.1) is 0 Å². The molecule has 0 bridgehead atoms. The lowest BCUT2D eigenvalue weighted by Gasteiger charge is -2.39. The van der Waals surface area contributed by atoms with Gasteiger partial charge in [0.05, 0.1) is 0 Å². The molecule has 2 saturated carbocycles. The summed E-state index contributed by atoms with van der Waals surface area (Å²) in [5.41, 5.74) is -0.150. The van der Waals surface area contributed by atoms with Gasteiger partial charge in [0.25, 0.3) is 0 Å². The van der Waals surface area contributed by atoms with Crippen LogP contribution in [0, 0.1) is 11.3 Å². The van der Waals surface area contributed by atoms with Crippen molar-refractivity contribution >= 4 is 11.7 Å². The Hall–Kier alpha value is -0.860. The van der Waals surface area contributed by atoms with Crippen molar-refractivity contribution in [1.82, 2.24) is 4.90 Å². The third-order valence-electron chi connectivity index (χ3n) is 5.85. The maximum atomic E-state index is 13.0. The van der Waals surface area contributed by atoms with Crippen molar-refractivity contribution in [2.24, 2.45) is 11.3 Å². The molecule has 2 unspecified atom stereocenters. The summed E-state index contributed by atoms with van der Waals surface area (Å²) in [5, 5.41) is 0. The highest BCUT2D eigenvalue weighted by Crippen LogP contribution is 2.41. The highest BCUT2D eigenvalue weighted by Gasteiger charge is 2.45. The Bertz CT molecular complexity index is 398. The van der Waals surface area contributed by atoms with Gasteiger partial charge in [-0.05, 0) is 38.5 Å². The minimum absolute atomic E-state index is 0.147. The Morgan fingerprint density at radius 3 is 2.50 bits per heavy atom. The molecule has 1 saturated heterocycles. The minimum Gasteiger partial charge on any atom is -0.339 e. The Morgan fingerprint density at radius 2 is 1.85 bits per heavy atom. The standard InChI is InChI=1S/C17H27NO2/c1-17(10-3-2-4-11-17)16(20)18-12-6-8-14(18)13-7-5-9-15(13)19/h13-14H,2-12H2,1H3. The van der Waals surface area contributed by atoms with Crippen molar-refractivity contribution < 1.29 is 9.59 Å². The minimum atomic E-state index is -0.150. The molecule has 0 spiro atoms.